The van der Waals surface area contributed by atoms with Crippen LogP contribution in [0.4, 0.5) is 0 Å². The zero-order valence-corrected chi connectivity index (χ0v) is 15.9. The highest BCUT2D eigenvalue weighted by Gasteiger charge is 2.29. The molecule has 2 amide bonds. The molecular formula is C20H22ClN3O3. The maximum atomic E-state index is 12.8. The van der Waals surface area contributed by atoms with Crippen molar-refractivity contribution in [2.45, 2.75) is 25.7 Å². The summed E-state index contributed by atoms with van der Waals surface area (Å²) in [7, 11) is 0. The van der Waals surface area contributed by atoms with Crippen LogP contribution in [0.5, 0.6) is 5.75 Å². The van der Waals surface area contributed by atoms with E-state index in [1.807, 2.05) is 6.07 Å². The standard InChI is InChI=1S/C20H22ClN3O3/c21-17-7-3-1-5-15(17)19(25)23-10-12-24(13-11-23)20(26)16-6-2-4-8-18(16)27-14-9-22/h2,4,6,8H,1,3,5,7,10-14H2. The summed E-state index contributed by atoms with van der Waals surface area (Å²) in [5, 5.41) is 9.38. The molecule has 3 rings (SSSR count). The Bertz CT molecular complexity index is 792. The van der Waals surface area contributed by atoms with Gasteiger partial charge in [0.05, 0.1) is 5.56 Å². The average molecular weight is 388 g/mol. The third-order valence-corrected chi connectivity index (χ3v) is 5.34. The smallest absolute Gasteiger partial charge is 0.257 e. The first-order chi connectivity index (χ1) is 13.1. The minimum absolute atomic E-state index is 0.00422. The molecule has 0 saturated carbocycles. The van der Waals surface area contributed by atoms with Gasteiger partial charge in [-0.2, -0.15) is 5.26 Å². The quantitative estimate of drug-likeness (QED) is 0.796. The first kappa shape index (κ1) is 19.2. The highest BCUT2D eigenvalue weighted by Crippen LogP contribution is 2.29. The second-order valence-corrected chi connectivity index (χ2v) is 7.07. The van der Waals surface area contributed by atoms with Crippen LogP contribution < -0.4 is 4.74 Å². The van der Waals surface area contributed by atoms with Crippen LogP contribution in [0.15, 0.2) is 34.9 Å². The molecule has 7 heteroatoms. The normalized spacial score (nSPS) is 17.5. The molecule has 0 N–H and O–H groups in total. The summed E-state index contributed by atoms with van der Waals surface area (Å²) in [5.41, 5.74) is 1.17. The Kier molecular flexibility index (Phi) is 6.36. The van der Waals surface area contributed by atoms with Crippen LogP contribution in [0, 0.1) is 11.3 Å². The van der Waals surface area contributed by atoms with E-state index < -0.39 is 0 Å². The molecule has 1 aliphatic heterocycles. The van der Waals surface area contributed by atoms with Crippen molar-refractivity contribution in [2.24, 2.45) is 0 Å². The molecule has 142 valence electrons. The summed E-state index contributed by atoms with van der Waals surface area (Å²) in [6, 6.07) is 8.82. The Morgan fingerprint density at radius 3 is 2.33 bits per heavy atom. The average Bonchev–Trinajstić information content (AvgIpc) is 2.72. The molecule has 1 heterocycles. The molecule has 0 radical (unpaired) electrons. The molecular weight excluding hydrogens is 366 g/mol. The predicted molar refractivity (Wildman–Crippen MR) is 101 cm³/mol. The third-order valence-electron chi connectivity index (χ3n) is 4.92. The zero-order chi connectivity index (χ0) is 19.2. The predicted octanol–water partition coefficient (Wildman–Crippen LogP) is 2.94. The van der Waals surface area contributed by atoms with Crippen LogP contribution in [0.1, 0.15) is 36.0 Å². The number of allylic oxidation sites excluding steroid dienone is 1. The molecule has 2 aliphatic rings. The third kappa shape index (κ3) is 4.42. The number of nitriles is 1. The SMILES string of the molecule is N#CCOc1ccccc1C(=O)N1CCN(C(=O)C2=C(Cl)CCCC2)CC1. The topological polar surface area (TPSA) is 73.6 Å². The van der Waals surface area contributed by atoms with Crippen LogP contribution in [-0.4, -0.2) is 54.4 Å². The number of halogens is 1. The van der Waals surface area contributed by atoms with E-state index in [-0.39, 0.29) is 18.4 Å². The van der Waals surface area contributed by atoms with E-state index in [1.165, 1.54) is 0 Å². The Morgan fingerprint density at radius 1 is 1.04 bits per heavy atom. The number of ether oxygens (including phenoxy) is 1. The van der Waals surface area contributed by atoms with Gasteiger partial charge in [-0.3, -0.25) is 9.59 Å². The Morgan fingerprint density at radius 2 is 1.67 bits per heavy atom. The van der Waals surface area contributed by atoms with Gasteiger partial charge < -0.3 is 14.5 Å². The number of para-hydroxylation sites is 1. The maximum absolute atomic E-state index is 12.8. The lowest BCUT2D eigenvalue weighted by atomic mass is 9.98. The molecule has 6 nitrogen and oxygen atoms in total. The molecule has 0 unspecified atom stereocenters. The molecule has 1 aromatic rings. The summed E-state index contributed by atoms with van der Waals surface area (Å²) < 4.78 is 5.35. The molecule has 0 aromatic heterocycles. The van der Waals surface area contributed by atoms with Gasteiger partial charge in [-0.25, -0.2) is 0 Å². The van der Waals surface area contributed by atoms with Crippen LogP contribution in [0.3, 0.4) is 0 Å². The van der Waals surface area contributed by atoms with E-state index in [9.17, 15) is 9.59 Å². The van der Waals surface area contributed by atoms with Gasteiger partial charge in [-0.15, -0.1) is 0 Å². The number of carbonyl (C=O) groups is 2. The molecule has 0 atom stereocenters. The number of benzene rings is 1. The highest BCUT2D eigenvalue weighted by atomic mass is 35.5. The molecule has 1 aromatic carbocycles. The number of carbonyl (C=O) groups excluding carboxylic acids is 2. The summed E-state index contributed by atoms with van der Waals surface area (Å²) in [6.45, 7) is 1.78. The lowest BCUT2D eigenvalue weighted by molar-refractivity contribution is -0.128. The summed E-state index contributed by atoms with van der Waals surface area (Å²) in [4.78, 5) is 29.1. The Hall–Kier alpha value is -2.52. The zero-order valence-electron chi connectivity index (χ0n) is 15.1. The van der Waals surface area contributed by atoms with Crippen LogP contribution in [-0.2, 0) is 4.79 Å². The summed E-state index contributed by atoms with van der Waals surface area (Å²) >= 11 is 6.25. The van der Waals surface area contributed by atoms with E-state index in [2.05, 4.69) is 0 Å². The van der Waals surface area contributed by atoms with Crippen molar-refractivity contribution in [3.63, 3.8) is 0 Å². The number of hydrogen-bond donors (Lipinski definition) is 0. The second kappa shape index (κ2) is 8.92. The lowest BCUT2D eigenvalue weighted by Gasteiger charge is -2.36. The minimum Gasteiger partial charge on any atom is -0.478 e. The molecule has 0 bridgehead atoms. The van der Waals surface area contributed by atoms with Gasteiger partial charge in [0.2, 0.25) is 0 Å². The van der Waals surface area contributed by atoms with Crippen molar-refractivity contribution in [1.29, 1.82) is 5.26 Å². The van der Waals surface area contributed by atoms with Crippen molar-refractivity contribution < 1.29 is 14.3 Å². The first-order valence-corrected chi connectivity index (χ1v) is 9.54. The van der Waals surface area contributed by atoms with Crippen LogP contribution >= 0.6 is 11.6 Å². The van der Waals surface area contributed by atoms with E-state index in [4.69, 9.17) is 21.6 Å². The van der Waals surface area contributed by atoms with Crippen LogP contribution in [0.2, 0.25) is 0 Å². The van der Waals surface area contributed by atoms with Crippen molar-refractivity contribution in [3.05, 3.63) is 40.4 Å². The number of nitrogens with zero attached hydrogens (tertiary/aromatic N) is 3. The summed E-state index contributed by atoms with van der Waals surface area (Å²) in [5.74, 6) is 0.261. The molecule has 27 heavy (non-hydrogen) atoms. The molecule has 1 aliphatic carbocycles. The maximum Gasteiger partial charge on any atom is 0.257 e. The minimum atomic E-state index is -0.148. The van der Waals surface area contributed by atoms with Gasteiger partial charge in [0.1, 0.15) is 11.8 Å². The molecule has 0 spiro atoms. The second-order valence-electron chi connectivity index (χ2n) is 6.62. The van der Waals surface area contributed by atoms with Gasteiger partial charge >= 0.3 is 0 Å². The van der Waals surface area contributed by atoms with Gasteiger partial charge in [0.15, 0.2) is 6.61 Å². The fourth-order valence-electron chi connectivity index (χ4n) is 3.44. The van der Waals surface area contributed by atoms with Gasteiger partial charge in [-0.05, 0) is 37.8 Å². The highest BCUT2D eigenvalue weighted by molar-refractivity contribution is 6.32. The lowest BCUT2D eigenvalue weighted by Crippen LogP contribution is -2.51. The molecule has 1 fully saturated rings. The monoisotopic (exact) mass is 387 g/mol. The summed E-state index contributed by atoms with van der Waals surface area (Å²) in [6.07, 6.45) is 3.54. The van der Waals surface area contributed by atoms with Gasteiger partial charge in [-0.1, -0.05) is 23.7 Å². The molecule has 1 saturated heterocycles. The van der Waals surface area contributed by atoms with Gasteiger partial charge in [0, 0.05) is 36.8 Å². The number of hydrogen-bond acceptors (Lipinski definition) is 4. The van der Waals surface area contributed by atoms with E-state index in [0.717, 1.165) is 31.3 Å². The fraction of sp³-hybridized carbons (Fsp3) is 0.450. The van der Waals surface area contributed by atoms with Crippen LogP contribution in [0.25, 0.3) is 0 Å². The number of piperazine rings is 1. The van der Waals surface area contributed by atoms with Crippen molar-refractivity contribution >= 4 is 23.4 Å². The number of amides is 2. The Balaban J connectivity index is 1.63. The van der Waals surface area contributed by atoms with E-state index in [1.54, 1.807) is 34.1 Å². The largest absolute Gasteiger partial charge is 0.478 e. The van der Waals surface area contributed by atoms with Crippen molar-refractivity contribution in [2.75, 3.05) is 32.8 Å². The first-order valence-electron chi connectivity index (χ1n) is 9.16. The van der Waals surface area contributed by atoms with Gasteiger partial charge in [0.25, 0.3) is 11.8 Å². The van der Waals surface area contributed by atoms with E-state index >= 15 is 0 Å². The fourth-order valence-corrected chi connectivity index (χ4v) is 3.75. The number of rotatable bonds is 4. The van der Waals surface area contributed by atoms with E-state index in [0.29, 0.717) is 42.5 Å². The Labute approximate surface area is 163 Å². The van der Waals surface area contributed by atoms with Crippen molar-refractivity contribution in [3.8, 4) is 11.8 Å². The van der Waals surface area contributed by atoms with Crippen molar-refractivity contribution in [1.82, 2.24) is 9.80 Å².